The van der Waals surface area contributed by atoms with Gasteiger partial charge in [0.1, 0.15) is 23.6 Å². The van der Waals surface area contributed by atoms with Crippen molar-refractivity contribution in [3.63, 3.8) is 0 Å². The molecule has 2 aliphatic heterocycles. The Hall–Kier alpha value is -4.22. The van der Waals surface area contributed by atoms with Gasteiger partial charge in [-0.2, -0.15) is 0 Å². The molecule has 2 atom stereocenters. The third kappa shape index (κ3) is 5.57. The predicted octanol–water partition coefficient (Wildman–Crippen LogP) is 6.27. The van der Waals surface area contributed by atoms with Crippen molar-refractivity contribution in [3.05, 3.63) is 83.3 Å². The number of ether oxygens (including phenoxy) is 4. The normalized spacial score (nSPS) is 19.1. The lowest BCUT2D eigenvalue weighted by Crippen LogP contribution is -2.39. The van der Waals surface area contributed by atoms with E-state index in [-0.39, 0.29) is 48.1 Å². The van der Waals surface area contributed by atoms with Crippen LogP contribution in [0.3, 0.4) is 0 Å². The second kappa shape index (κ2) is 10.7. The van der Waals surface area contributed by atoms with Gasteiger partial charge in [-0.3, -0.25) is 4.79 Å². The van der Waals surface area contributed by atoms with Gasteiger partial charge in [-0.25, -0.2) is 4.39 Å². The summed E-state index contributed by atoms with van der Waals surface area (Å²) in [4.78, 5) is 13.6. The maximum absolute atomic E-state index is 15.6. The molecule has 232 valence electrons. The molecule has 6 rings (SSSR count). The highest BCUT2D eigenvalue weighted by molar-refractivity contribution is 6.01. The van der Waals surface area contributed by atoms with Gasteiger partial charge in [-0.05, 0) is 30.7 Å². The molecule has 0 unspecified atom stereocenters. The summed E-state index contributed by atoms with van der Waals surface area (Å²) >= 11 is 0. The van der Waals surface area contributed by atoms with Crippen molar-refractivity contribution in [2.24, 2.45) is 0 Å². The summed E-state index contributed by atoms with van der Waals surface area (Å²) in [7, 11) is 0. The Balaban J connectivity index is 1.23. The number of benzene rings is 3. The number of carbonyl (C=O) groups is 1. The second-order valence-electron chi connectivity index (χ2n) is 12.5. The molecule has 1 aromatic heterocycles. The monoisotopic (exact) mass is 610 g/mol. The number of nitrogens with one attached hydrogen (secondary N) is 1. The van der Waals surface area contributed by atoms with E-state index < -0.39 is 29.5 Å². The van der Waals surface area contributed by atoms with E-state index in [0.717, 1.165) is 11.3 Å². The summed E-state index contributed by atoms with van der Waals surface area (Å²) in [6.45, 7) is 8.19. The average molecular weight is 611 g/mol. The topological polar surface area (TPSA) is 91.2 Å². The molecule has 8 nitrogen and oxygen atoms in total. The fourth-order valence-corrected chi connectivity index (χ4v) is 5.62. The number of nitrogens with zero attached hydrogens (tertiary/aromatic N) is 1. The molecule has 11 heteroatoms. The molecule has 0 fully saturated rings. The van der Waals surface area contributed by atoms with Crippen molar-refractivity contribution >= 4 is 22.5 Å². The molecule has 2 N–H and O–H groups in total. The number of aliphatic hydroxyl groups excluding tert-OH is 1. The Morgan fingerprint density at radius 3 is 2.48 bits per heavy atom. The Kier molecular flexibility index (Phi) is 7.28. The Morgan fingerprint density at radius 1 is 1.07 bits per heavy atom. The Labute approximate surface area is 252 Å². The molecule has 0 spiro atoms. The van der Waals surface area contributed by atoms with Gasteiger partial charge in [0.15, 0.2) is 11.5 Å². The molecule has 44 heavy (non-hydrogen) atoms. The Morgan fingerprint density at radius 2 is 1.77 bits per heavy atom. The van der Waals surface area contributed by atoms with Crippen molar-refractivity contribution in [3.8, 4) is 17.2 Å². The number of hydrogen-bond acceptors (Lipinski definition) is 6. The zero-order valence-electron chi connectivity index (χ0n) is 24.7. The summed E-state index contributed by atoms with van der Waals surface area (Å²) in [6, 6.07) is 17.0. The molecular formula is C33H33F3N2O6. The number of amides is 1. The first-order chi connectivity index (χ1) is 20.7. The van der Waals surface area contributed by atoms with Crippen LogP contribution in [0.15, 0.2) is 60.7 Å². The van der Waals surface area contributed by atoms with Gasteiger partial charge in [-0.15, -0.1) is 8.78 Å². The molecule has 3 aromatic carbocycles. The van der Waals surface area contributed by atoms with Gasteiger partial charge < -0.3 is 33.9 Å². The first kappa shape index (κ1) is 29.8. The number of anilines is 1. The SMILES string of the molecule is CC(C)(C)c1cc2cc(NC(=O)[C@@]3(C)COc4cc5c(cc43)OC(F)(F)O5)c(F)cc2n1C[C@@H](O)COCc1ccccc1. The minimum atomic E-state index is -3.82. The minimum Gasteiger partial charge on any atom is -0.492 e. The van der Waals surface area contributed by atoms with E-state index >= 15 is 4.39 Å². The molecule has 4 aromatic rings. The largest absolute Gasteiger partial charge is 0.586 e. The van der Waals surface area contributed by atoms with E-state index in [0.29, 0.717) is 23.1 Å². The van der Waals surface area contributed by atoms with Crippen LogP contribution in [-0.2, 0) is 33.5 Å². The molecule has 0 radical (unpaired) electrons. The predicted molar refractivity (Wildman–Crippen MR) is 157 cm³/mol. The number of halogens is 3. The van der Waals surface area contributed by atoms with Gasteiger partial charge in [0.25, 0.3) is 0 Å². The van der Waals surface area contributed by atoms with Crippen LogP contribution in [0.4, 0.5) is 18.9 Å². The van der Waals surface area contributed by atoms with Crippen LogP contribution < -0.4 is 19.5 Å². The van der Waals surface area contributed by atoms with Gasteiger partial charge in [0.05, 0.1) is 37.1 Å². The van der Waals surface area contributed by atoms with E-state index in [1.54, 1.807) is 13.0 Å². The van der Waals surface area contributed by atoms with Crippen LogP contribution in [-0.4, -0.2) is 41.2 Å². The smallest absolute Gasteiger partial charge is 0.492 e. The molecule has 2 aliphatic rings. The average Bonchev–Trinajstić information content (AvgIpc) is 3.58. The van der Waals surface area contributed by atoms with Crippen molar-refractivity contribution in [2.45, 2.75) is 64.1 Å². The van der Waals surface area contributed by atoms with Gasteiger partial charge >= 0.3 is 6.29 Å². The van der Waals surface area contributed by atoms with Crippen LogP contribution in [0.2, 0.25) is 0 Å². The number of alkyl halides is 2. The molecule has 0 aliphatic carbocycles. The number of fused-ring (bicyclic) bond motifs is 3. The maximum Gasteiger partial charge on any atom is 0.586 e. The standard InChI is InChI=1S/C33H33F3N2O6/c1-31(2,3)29-11-20-10-24(23(34)13-25(20)38(29)15-21(39)17-41-16-19-8-6-5-7-9-19)37-30(40)32(4)18-42-26-14-28-27(12-22(26)32)43-33(35,36)44-28/h5-14,21,39H,15-18H2,1-4H3,(H,37,40)/t21-,32+/m1/s1. The lowest BCUT2D eigenvalue weighted by Gasteiger charge is -2.24. The first-order valence-corrected chi connectivity index (χ1v) is 14.3. The Bertz CT molecular complexity index is 1730. The third-order valence-electron chi connectivity index (χ3n) is 7.94. The number of aliphatic hydroxyl groups is 1. The van der Waals surface area contributed by atoms with E-state index in [4.69, 9.17) is 9.47 Å². The minimum absolute atomic E-state index is 0.0474. The van der Waals surface area contributed by atoms with Gasteiger partial charge in [0.2, 0.25) is 5.91 Å². The summed E-state index contributed by atoms with van der Waals surface area (Å²) in [5.74, 6) is -1.46. The van der Waals surface area contributed by atoms with Crippen molar-refractivity contribution < 1.29 is 42.0 Å². The van der Waals surface area contributed by atoms with Crippen LogP contribution in [0.1, 0.15) is 44.5 Å². The number of aromatic nitrogens is 1. The molecule has 0 saturated carbocycles. The lowest BCUT2D eigenvalue weighted by molar-refractivity contribution is -0.286. The van der Waals surface area contributed by atoms with Crippen LogP contribution in [0, 0.1) is 5.82 Å². The van der Waals surface area contributed by atoms with E-state index in [2.05, 4.69) is 14.8 Å². The van der Waals surface area contributed by atoms with Crippen molar-refractivity contribution in [1.29, 1.82) is 0 Å². The summed E-state index contributed by atoms with van der Waals surface area (Å²) in [6.07, 6.45) is -4.67. The van der Waals surface area contributed by atoms with Crippen molar-refractivity contribution in [2.75, 3.05) is 18.5 Å². The zero-order chi connectivity index (χ0) is 31.4. The van der Waals surface area contributed by atoms with E-state index in [9.17, 15) is 18.7 Å². The zero-order valence-corrected chi connectivity index (χ0v) is 24.7. The molecular weight excluding hydrogens is 577 g/mol. The lowest BCUT2D eigenvalue weighted by atomic mass is 9.83. The maximum atomic E-state index is 15.6. The highest BCUT2D eigenvalue weighted by Gasteiger charge is 2.49. The summed E-state index contributed by atoms with van der Waals surface area (Å²) < 4.78 is 65.1. The third-order valence-corrected chi connectivity index (χ3v) is 7.94. The molecule has 3 heterocycles. The van der Waals surface area contributed by atoms with E-state index in [1.165, 1.54) is 18.2 Å². The first-order valence-electron chi connectivity index (χ1n) is 14.3. The fourth-order valence-electron chi connectivity index (χ4n) is 5.62. The van der Waals surface area contributed by atoms with Crippen LogP contribution >= 0.6 is 0 Å². The number of rotatable bonds is 8. The number of carbonyl (C=O) groups excluding carboxylic acids is 1. The fraction of sp³-hybridized carbons (Fsp3) is 0.364. The highest BCUT2D eigenvalue weighted by atomic mass is 19.3. The second-order valence-corrected chi connectivity index (χ2v) is 12.5. The molecule has 0 bridgehead atoms. The molecule has 0 saturated heterocycles. The summed E-state index contributed by atoms with van der Waals surface area (Å²) in [5.41, 5.74) is 1.03. The van der Waals surface area contributed by atoms with Gasteiger partial charge in [0, 0.05) is 34.2 Å². The van der Waals surface area contributed by atoms with Crippen LogP contribution in [0.5, 0.6) is 17.2 Å². The van der Waals surface area contributed by atoms with Crippen molar-refractivity contribution in [1.82, 2.24) is 4.57 Å². The highest BCUT2D eigenvalue weighted by Crippen LogP contribution is 2.50. The summed E-state index contributed by atoms with van der Waals surface area (Å²) in [5, 5.41) is 14.2. The van der Waals surface area contributed by atoms with Crippen LogP contribution in [0.25, 0.3) is 10.9 Å². The van der Waals surface area contributed by atoms with Gasteiger partial charge in [-0.1, -0.05) is 51.1 Å². The molecule has 1 amide bonds. The van der Waals surface area contributed by atoms with E-state index in [1.807, 2.05) is 61.7 Å². The quantitative estimate of drug-likeness (QED) is 0.245. The number of hydrogen-bond donors (Lipinski definition) is 2.